The minimum absolute atomic E-state index is 0.295. The number of sulfonamides is 1. The van der Waals surface area contributed by atoms with Gasteiger partial charge in [-0.05, 0) is 54.7 Å². The molecule has 0 unspecified atom stereocenters. The van der Waals surface area contributed by atoms with E-state index in [4.69, 9.17) is 4.42 Å². The number of furan rings is 1. The molecular formula is C27H25FN2O4S. The van der Waals surface area contributed by atoms with E-state index >= 15 is 0 Å². The number of fused-ring (bicyclic) bond motifs is 1. The van der Waals surface area contributed by atoms with E-state index in [2.05, 4.69) is 5.32 Å². The van der Waals surface area contributed by atoms with Crippen LogP contribution in [-0.4, -0.2) is 34.2 Å². The fraction of sp³-hybridized carbons (Fsp3) is 0.222. The third-order valence-corrected chi connectivity index (χ3v) is 7.39. The first-order valence-electron chi connectivity index (χ1n) is 11.4. The smallest absolute Gasteiger partial charge is 0.255 e. The van der Waals surface area contributed by atoms with Crippen LogP contribution in [0.3, 0.4) is 0 Å². The average Bonchev–Trinajstić information content (AvgIpc) is 3.60. The molecule has 35 heavy (non-hydrogen) atoms. The van der Waals surface area contributed by atoms with Gasteiger partial charge in [-0.1, -0.05) is 30.3 Å². The predicted octanol–water partition coefficient (Wildman–Crippen LogP) is 5.44. The third kappa shape index (κ3) is 4.53. The standard InChI is InChI=1S/C27H25FN2O4S/c1-29-27(31)25-22-14-21(18-6-4-3-5-7-18)23(30(35(2,32)33)16-17-8-9-17)15-24(22)34-26(25)19-10-12-20(28)13-11-19/h3-7,10-15,17H,8-9,16H2,1-2H3,(H,29,31). The molecule has 0 aliphatic heterocycles. The number of anilines is 1. The molecule has 0 bridgehead atoms. The minimum atomic E-state index is -3.58. The van der Waals surface area contributed by atoms with E-state index in [1.807, 2.05) is 36.4 Å². The number of benzene rings is 3. The molecule has 8 heteroatoms. The van der Waals surface area contributed by atoms with Gasteiger partial charge in [0.05, 0.1) is 17.5 Å². The Morgan fingerprint density at radius 2 is 1.74 bits per heavy atom. The van der Waals surface area contributed by atoms with Crippen molar-refractivity contribution in [3.8, 4) is 22.5 Å². The van der Waals surface area contributed by atoms with Crippen LogP contribution in [0.1, 0.15) is 23.2 Å². The van der Waals surface area contributed by atoms with Crippen molar-refractivity contribution in [3.05, 3.63) is 78.1 Å². The summed E-state index contributed by atoms with van der Waals surface area (Å²) in [6.07, 6.45) is 3.19. The molecule has 1 aliphatic carbocycles. The molecule has 0 spiro atoms. The van der Waals surface area contributed by atoms with Gasteiger partial charge in [0.1, 0.15) is 17.2 Å². The summed E-state index contributed by atoms with van der Waals surface area (Å²) in [5.74, 6) is -0.142. The highest BCUT2D eigenvalue weighted by molar-refractivity contribution is 7.92. The summed E-state index contributed by atoms with van der Waals surface area (Å²) in [6.45, 7) is 0.387. The van der Waals surface area contributed by atoms with Crippen molar-refractivity contribution >= 4 is 32.6 Å². The maximum atomic E-state index is 13.6. The maximum Gasteiger partial charge on any atom is 0.255 e. The lowest BCUT2D eigenvalue weighted by molar-refractivity contribution is 0.0964. The van der Waals surface area contributed by atoms with Crippen molar-refractivity contribution in [3.63, 3.8) is 0 Å². The zero-order valence-corrected chi connectivity index (χ0v) is 20.2. The van der Waals surface area contributed by atoms with E-state index in [9.17, 15) is 17.6 Å². The number of carbonyl (C=O) groups is 1. The summed E-state index contributed by atoms with van der Waals surface area (Å²) in [6, 6.07) is 18.7. The van der Waals surface area contributed by atoms with Crippen LogP contribution in [0.5, 0.6) is 0 Å². The van der Waals surface area contributed by atoms with Crippen LogP contribution >= 0.6 is 0 Å². The van der Waals surface area contributed by atoms with E-state index in [-0.39, 0.29) is 5.91 Å². The Morgan fingerprint density at radius 1 is 1.06 bits per heavy atom. The van der Waals surface area contributed by atoms with Gasteiger partial charge in [-0.25, -0.2) is 12.8 Å². The van der Waals surface area contributed by atoms with Crippen LogP contribution in [-0.2, 0) is 10.0 Å². The summed E-state index contributed by atoms with van der Waals surface area (Å²) in [5, 5.41) is 3.20. The molecule has 1 fully saturated rings. The number of rotatable bonds is 7. The summed E-state index contributed by atoms with van der Waals surface area (Å²) >= 11 is 0. The molecule has 180 valence electrons. The Bertz CT molecular complexity index is 1510. The Labute approximate surface area is 203 Å². The zero-order chi connectivity index (χ0) is 24.7. The van der Waals surface area contributed by atoms with Crippen LogP contribution < -0.4 is 9.62 Å². The molecular weight excluding hydrogens is 467 g/mol. The molecule has 1 saturated carbocycles. The van der Waals surface area contributed by atoms with Crippen molar-refractivity contribution in [1.82, 2.24) is 5.32 Å². The van der Waals surface area contributed by atoms with Crippen LogP contribution in [0.2, 0.25) is 0 Å². The first-order valence-corrected chi connectivity index (χ1v) is 13.2. The molecule has 3 aromatic carbocycles. The van der Waals surface area contributed by atoms with Crippen LogP contribution in [0.15, 0.2) is 71.1 Å². The second-order valence-corrected chi connectivity index (χ2v) is 10.8. The van der Waals surface area contributed by atoms with Crippen molar-refractivity contribution < 1.29 is 22.0 Å². The van der Waals surface area contributed by atoms with Gasteiger partial charge in [-0.3, -0.25) is 9.10 Å². The van der Waals surface area contributed by atoms with Crippen molar-refractivity contribution in [2.24, 2.45) is 5.92 Å². The fourth-order valence-electron chi connectivity index (χ4n) is 4.29. The molecule has 1 aliphatic rings. The highest BCUT2D eigenvalue weighted by Gasteiger charge is 2.32. The van der Waals surface area contributed by atoms with E-state index in [1.54, 1.807) is 18.2 Å². The number of amides is 1. The van der Waals surface area contributed by atoms with Gasteiger partial charge in [0.25, 0.3) is 5.91 Å². The number of hydrogen-bond acceptors (Lipinski definition) is 4. The second kappa shape index (κ2) is 8.85. The molecule has 6 nitrogen and oxygen atoms in total. The van der Waals surface area contributed by atoms with E-state index in [1.165, 1.54) is 29.7 Å². The largest absolute Gasteiger partial charge is 0.455 e. The summed E-state index contributed by atoms with van der Waals surface area (Å²) < 4.78 is 46.9. The van der Waals surface area contributed by atoms with E-state index < -0.39 is 15.8 Å². The van der Waals surface area contributed by atoms with Crippen LogP contribution in [0.4, 0.5) is 10.1 Å². The number of hydrogen-bond donors (Lipinski definition) is 1. The Morgan fingerprint density at radius 3 is 2.34 bits per heavy atom. The summed E-state index contributed by atoms with van der Waals surface area (Å²) in [5.41, 5.74) is 3.23. The van der Waals surface area contributed by atoms with Gasteiger partial charge in [0.15, 0.2) is 0 Å². The van der Waals surface area contributed by atoms with E-state index in [0.29, 0.717) is 51.6 Å². The normalized spacial score (nSPS) is 13.7. The lowest BCUT2D eigenvalue weighted by Gasteiger charge is -2.25. The van der Waals surface area contributed by atoms with E-state index in [0.717, 1.165) is 18.4 Å². The fourth-order valence-corrected chi connectivity index (χ4v) is 5.28. The van der Waals surface area contributed by atoms with Gasteiger partial charge < -0.3 is 9.73 Å². The van der Waals surface area contributed by atoms with Crippen LogP contribution in [0, 0.1) is 11.7 Å². The lowest BCUT2D eigenvalue weighted by Crippen LogP contribution is -2.32. The molecule has 1 N–H and O–H groups in total. The minimum Gasteiger partial charge on any atom is -0.455 e. The van der Waals surface area contributed by atoms with Gasteiger partial charge in [0, 0.05) is 36.2 Å². The number of nitrogens with one attached hydrogen (secondary N) is 1. The van der Waals surface area contributed by atoms with Gasteiger partial charge >= 0.3 is 0 Å². The first kappa shape index (κ1) is 23.1. The third-order valence-electron chi connectivity index (χ3n) is 6.24. The average molecular weight is 493 g/mol. The highest BCUT2D eigenvalue weighted by atomic mass is 32.2. The molecule has 0 atom stereocenters. The molecule has 5 rings (SSSR count). The Hall–Kier alpha value is -3.65. The lowest BCUT2D eigenvalue weighted by atomic mass is 9.98. The predicted molar refractivity (Wildman–Crippen MR) is 135 cm³/mol. The van der Waals surface area contributed by atoms with Crippen molar-refractivity contribution in [2.45, 2.75) is 12.8 Å². The molecule has 4 aromatic rings. The Balaban J connectivity index is 1.81. The van der Waals surface area contributed by atoms with Gasteiger partial charge in [-0.2, -0.15) is 0 Å². The molecule has 0 radical (unpaired) electrons. The molecule has 1 amide bonds. The molecule has 0 saturated heterocycles. The highest BCUT2D eigenvalue weighted by Crippen LogP contribution is 2.43. The van der Waals surface area contributed by atoms with Crippen LogP contribution in [0.25, 0.3) is 33.4 Å². The monoisotopic (exact) mass is 492 g/mol. The summed E-state index contributed by atoms with van der Waals surface area (Å²) in [4.78, 5) is 13.0. The Kier molecular flexibility index (Phi) is 5.84. The first-order chi connectivity index (χ1) is 16.8. The topological polar surface area (TPSA) is 79.6 Å². The quantitative estimate of drug-likeness (QED) is 0.373. The number of nitrogens with zero attached hydrogens (tertiary/aromatic N) is 1. The van der Waals surface area contributed by atoms with Gasteiger partial charge in [-0.15, -0.1) is 0 Å². The maximum absolute atomic E-state index is 13.6. The number of carbonyl (C=O) groups excluding carboxylic acids is 1. The van der Waals surface area contributed by atoms with Gasteiger partial charge in [0.2, 0.25) is 10.0 Å². The van der Waals surface area contributed by atoms with Crippen molar-refractivity contribution in [2.75, 3.05) is 24.2 Å². The number of halogens is 1. The SMILES string of the molecule is CNC(=O)c1c(-c2ccc(F)cc2)oc2cc(N(CC3CC3)S(C)(=O)=O)c(-c3ccccc3)cc12. The summed E-state index contributed by atoms with van der Waals surface area (Å²) in [7, 11) is -2.05. The zero-order valence-electron chi connectivity index (χ0n) is 19.4. The second-order valence-electron chi connectivity index (χ2n) is 8.86. The molecule has 1 aromatic heterocycles. The molecule has 1 heterocycles. The van der Waals surface area contributed by atoms with Crippen molar-refractivity contribution in [1.29, 1.82) is 0 Å².